The summed E-state index contributed by atoms with van der Waals surface area (Å²) in [5, 5.41) is 12.7. The van der Waals surface area contributed by atoms with Crippen LogP contribution < -0.4 is 5.32 Å². The molecule has 19 heavy (non-hydrogen) atoms. The van der Waals surface area contributed by atoms with Crippen LogP contribution in [0.2, 0.25) is 0 Å². The molecule has 0 aromatic heterocycles. The maximum atomic E-state index is 13.2. The van der Waals surface area contributed by atoms with Gasteiger partial charge in [-0.25, -0.2) is 9.18 Å². The highest BCUT2D eigenvalue weighted by Gasteiger charge is 2.45. The second-order valence-electron chi connectivity index (χ2n) is 5.24. The van der Waals surface area contributed by atoms with E-state index < -0.39 is 11.5 Å². The predicted octanol–water partition coefficient (Wildman–Crippen LogP) is 1.20. The summed E-state index contributed by atoms with van der Waals surface area (Å²) >= 11 is 0. The lowest BCUT2D eigenvalue weighted by molar-refractivity contribution is -0.145. The average Bonchev–Trinajstić information content (AvgIpc) is 2.68. The molecule has 4 nitrogen and oxygen atoms in total. The number of benzene rings is 1. The van der Waals surface area contributed by atoms with Gasteiger partial charge < -0.3 is 10.0 Å². The number of carbonyl (C=O) groups is 1. The zero-order chi connectivity index (χ0) is 14.0. The van der Waals surface area contributed by atoms with Gasteiger partial charge in [0.05, 0.1) is 0 Å². The lowest BCUT2D eigenvalue weighted by Crippen LogP contribution is -2.49. The number of likely N-dealkylation sites (N-methyl/N-ethyl adjacent to an activating group) is 1. The van der Waals surface area contributed by atoms with E-state index in [1.165, 1.54) is 12.1 Å². The minimum absolute atomic E-state index is 0.312. The molecule has 1 atom stereocenters. The van der Waals surface area contributed by atoms with E-state index in [1.54, 1.807) is 6.07 Å². The van der Waals surface area contributed by atoms with Crippen LogP contribution in [0.25, 0.3) is 0 Å². The Bertz CT molecular complexity index is 490. The van der Waals surface area contributed by atoms with Crippen molar-refractivity contribution in [2.75, 3.05) is 27.2 Å². The molecule has 5 heteroatoms. The highest BCUT2D eigenvalue weighted by molar-refractivity contribution is 5.82. The number of aryl methyl sites for hydroxylation is 1. The van der Waals surface area contributed by atoms with Gasteiger partial charge >= 0.3 is 5.97 Å². The second-order valence-corrected chi connectivity index (χ2v) is 5.24. The Kier molecular flexibility index (Phi) is 3.87. The van der Waals surface area contributed by atoms with Gasteiger partial charge in [0.2, 0.25) is 0 Å². The first-order chi connectivity index (χ1) is 8.95. The summed E-state index contributed by atoms with van der Waals surface area (Å²) < 4.78 is 13.2. The topological polar surface area (TPSA) is 52.6 Å². The quantitative estimate of drug-likeness (QED) is 0.841. The van der Waals surface area contributed by atoms with E-state index in [1.807, 2.05) is 19.0 Å². The molecule has 0 amide bonds. The fraction of sp³-hybridized carbons (Fsp3) is 0.500. The smallest absolute Gasteiger partial charge is 0.328 e. The molecule has 1 aromatic rings. The van der Waals surface area contributed by atoms with Gasteiger partial charge in [-0.1, -0.05) is 6.07 Å². The fourth-order valence-electron chi connectivity index (χ4n) is 2.62. The number of aliphatic carboxylic acids is 1. The molecule has 0 saturated heterocycles. The molecule has 0 radical (unpaired) electrons. The van der Waals surface area contributed by atoms with Crippen LogP contribution in [0.3, 0.4) is 0 Å². The molecule has 0 saturated carbocycles. The van der Waals surface area contributed by atoms with Crippen molar-refractivity contribution in [3.63, 3.8) is 0 Å². The Morgan fingerprint density at radius 2 is 2.26 bits per heavy atom. The van der Waals surface area contributed by atoms with Crippen LogP contribution in [0, 0.1) is 5.82 Å². The zero-order valence-electron chi connectivity index (χ0n) is 11.2. The average molecular weight is 266 g/mol. The van der Waals surface area contributed by atoms with E-state index in [0.717, 1.165) is 12.1 Å². The summed E-state index contributed by atoms with van der Waals surface area (Å²) in [4.78, 5) is 13.7. The molecule has 0 fully saturated rings. The van der Waals surface area contributed by atoms with Gasteiger partial charge in [-0.2, -0.15) is 0 Å². The Hall–Kier alpha value is -1.46. The predicted molar refractivity (Wildman–Crippen MR) is 70.6 cm³/mol. The Morgan fingerprint density at radius 1 is 1.53 bits per heavy atom. The van der Waals surface area contributed by atoms with Crippen LogP contribution in [0.15, 0.2) is 18.2 Å². The van der Waals surface area contributed by atoms with Crippen molar-refractivity contribution in [2.45, 2.75) is 18.4 Å². The lowest BCUT2D eigenvalue weighted by atomic mass is 9.91. The number of fused-ring (bicyclic) bond motifs is 1. The largest absolute Gasteiger partial charge is 0.480 e. The van der Waals surface area contributed by atoms with Gasteiger partial charge in [0.25, 0.3) is 0 Å². The van der Waals surface area contributed by atoms with Crippen molar-refractivity contribution in [3.8, 4) is 0 Å². The van der Waals surface area contributed by atoms with Crippen molar-refractivity contribution >= 4 is 5.97 Å². The first-order valence-corrected chi connectivity index (χ1v) is 6.38. The summed E-state index contributed by atoms with van der Waals surface area (Å²) in [5.74, 6) is -1.20. The summed E-state index contributed by atoms with van der Waals surface area (Å²) in [6, 6.07) is 4.36. The standard InChI is InChI=1S/C14H19FN2O2/c1-17(2)8-7-16-14(13(18)19)6-5-10-9-11(15)3-4-12(10)14/h3-4,9,16H,5-8H2,1-2H3,(H,18,19). The molecule has 0 heterocycles. The zero-order valence-corrected chi connectivity index (χ0v) is 11.2. The first-order valence-electron chi connectivity index (χ1n) is 6.38. The minimum Gasteiger partial charge on any atom is -0.480 e. The summed E-state index contributed by atoms with van der Waals surface area (Å²) in [7, 11) is 3.88. The van der Waals surface area contributed by atoms with Crippen molar-refractivity contribution in [3.05, 3.63) is 35.1 Å². The second kappa shape index (κ2) is 5.27. The Balaban J connectivity index is 2.26. The molecule has 0 bridgehead atoms. The highest BCUT2D eigenvalue weighted by Crippen LogP contribution is 2.37. The van der Waals surface area contributed by atoms with E-state index in [4.69, 9.17) is 0 Å². The number of carboxylic acid groups (broad SMARTS) is 1. The van der Waals surface area contributed by atoms with E-state index in [0.29, 0.717) is 24.9 Å². The molecule has 0 aliphatic heterocycles. The summed E-state index contributed by atoms with van der Waals surface area (Å²) in [6.07, 6.45) is 1.06. The number of halogens is 1. The highest BCUT2D eigenvalue weighted by atomic mass is 19.1. The van der Waals surface area contributed by atoms with Gasteiger partial charge in [-0.05, 0) is 50.2 Å². The van der Waals surface area contributed by atoms with Crippen molar-refractivity contribution in [2.24, 2.45) is 0 Å². The van der Waals surface area contributed by atoms with Gasteiger partial charge in [0.15, 0.2) is 0 Å². The molecule has 0 spiro atoms. The molecule has 2 rings (SSSR count). The molecule has 1 aliphatic rings. The minimum atomic E-state index is -1.07. The van der Waals surface area contributed by atoms with Crippen LogP contribution in [0.5, 0.6) is 0 Å². The van der Waals surface area contributed by atoms with Crippen LogP contribution in [-0.2, 0) is 16.8 Å². The third kappa shape index (κ3) is 2.62. The van der Waals surface area contributed by atoms with Crippen LogP contribution in [0.4, 0.5) is 4.39 Å². The number of nitrogens with one attached hydrogen (secondary N) is 1. The maximum Gasteiger partial charge on any atom is 0.328 e. The van der Waals surface area contributed by atoms with Crippen LogP contribution in [0.1, 0.15) is 17.5 Å². The normalized spacial score (nSPS) is 21.7. The molecule has 1 aromatic carbocycles. The van der Waals surface area contributed by atoms with Crippen LogP contribution in [-0.4, -0.2) is 43.2 Å². The first kappa shape index (κ1) is 14.0. The Morgan fingerprint density at radius 3 is 2.89 bits per heavy atom. The van der Waals surface area contributed by atoms with E-state index >= 15 is 0 Å². The van der Waals surface area contributed by atoms with Gasteiger partial charge in [0.1, 0.15) is 11.4 Å². The fourth-order valence-corrected chi connectivity index (χ4v) is 2.62. The summed E-state index contributed by atoms with van der Waals surface area (Å²) in [6.45, 7) is 1.33. The molecule has 1 aliphatic carbocycles. The number of carboxylic acids is 1. The van der Waals surface area contributed by atoms with Crippen molar-refractivity contribution in [1.29, 1.82) is 0 Å². The number of rotatable bonds is 5. The molecule has 104 valence electrons. The number of hydrogen-bond donors (Lipinski definition) is 2. The lowest BCUT2D eigenvalue weighted by Gasteiger charge is -2.28. The number of hydrogen-bond acceptors (Lipinski definition) is 3. The van der Waals surface area contributed by atoms with Crippen molar-refractivity contribution < 1.29 is 14.3 Å². The maximum absolute atomic E-state index is 13.2. The van der Waals surface area contributed by atoms with Crippen molar-refractivity contribution in [1.82, 2.24) is 10.2 Å². The summed E-state index contributed by atoms with van der Waals surface area (Å²) in [5.41, 5.74) is 0.416. The van der Waals surface area contributed by atoms with E-state index in [-0.39, 0.29) is 5.82 Å². The third-order valence-electron chi connectivity index (χ3n) is 3.65. The molecule has 1 unspecified atom stereocenters. The SMILES string of the molecule is CN(C)CCNC1(C(=O)O)CCc2cc(F)ccc21. The molecule has 2 N–H and O–H groups in total. The number of nitrogens with zero attached hydrogens (tertiary/aromatic N) is 1. The molecular formula is C14H19FN2O2. The molecular weight excluding hydrogens is 247 g/mol. The van der Waals surface area contributed by atoms with E-state index in [9.17, 15) is 14.3 Å². The van der Waals surface area contributed by atoms with Gasteiger partial charge in [0, 0.05) is 13.1 Å². The Labute approximate surface area is 112 Å². The van der Waals surface area contributed by atoms with Gasteiger partial charge in [-0.15, -0.1) is 0 Å². The van der Waals surface area contributed by atoms with Crippen LogP contribution >= 0.6 is 0 Å². The van der Waals surface area contributed by atoms with Gasteiger partial charge in [-0.3, -0.25) is 5.32 Å². The monoisotopic (exact) mass is 266 g/mol. The third-order valence-corrected chi connectivity index (χ3v) is 3.65. The van der Waals surface area contributed by atoms with E-state index in [2.05, 4.69) is 5.32 Å².